The van der Waals surface area contributed by atoms with Crippen LogP contribution in [0.25, 0.3) is 0 Å². The molecule has 0 unspecified atom stereocenters. The van der Waals surface area contributed by atoms with E-state index in [2.05, 4.69) is 11.6 Å². The molecule has 0 aliphatic carbocycles. The Hall–Kier alpha value is -0.0951. The molecule has 0 radical (unpaired) electrons. The summed E-state index contributed by atoms with van der Waals surface area (Å²) < 4.78 is 9.56. The van der Waals surface area contributed by atoms with Gasteiger partial charge in [0.1, 0.15) is 6.79 Å². The van der Waals surface area contributed by atoms with Gasteiger partial charge in [-0.1, -0.05) is 90.4 Å². The molecule has 132 valence electrons. The molecule has 0 saturated carbocycles. The molecule has 0 atom stereocenters. The zero-order valence-electron chi connectivity index (χ0n) is 14.6. The van der Waals surface area contributed by atoms with Crippen LogP contribution in [0.5, 0.6) is 0 Å². The fraction of sp³-hybridized carbons (Fsp3) is 1.00. The van der Waals surface area contributed by atoms with Gasteiger partial charge in [0.15, 0.2) is 0 Å². The third kappa shape index (κ3) is 19.9. The van der Waals surface area contributed by atoms with Gasteiger partial charge in [0.25, 0.3) is 0 Å². The smallest absolute Gasteiger partial charge is 0.402 e. The van der Waals surface area contributed by atoms with E-state index in [1.54, 1.807) is 0 Å². The minimum atomic E-state index is -1.73. The topological polar surface area (TPSA) is 58.9 Å². The normalized spacial score (nSPS) is 11.0. The van der Waals surface area contributed by atoms with Crippen molar-refractivity contribution in [3.8, 4) is 0 Å². The molecular formula is C17H37BO4. The van der Waals surface area contributed by atoms with E-state index in [0.717, 1.165) is 6.42 Å². The summed E-state index contributed by atoms with van der Waals surface area (Å²) in [5, 5.41) is 16.9. The lowest BCUT2D eigenvalue weighted by Gasteiger charge is -2.05. The van der Waals surface area contributed by atoms with E-state index in [0.29, 0.717) is 6.61 Å². The third-order valence-corrected chi connectivity index (χ3v) is 3.94. The molecule has 0 aromatic carbocycles. The van der Waals surface area contributed by atoms with Crippen molar-refractivity contribution in [2.24, 2.45) is 0 Å². The van der Waals surface area contributed by atoms with Crippen LogP contribution in [0.1, 0.15) is 96.8 Å². The fourth-order valence-corrected chi connectivity index (χ4v) is 2.57. The van der Waals surface area contributed by atoms with Gasteiger partial charge in [0, 0.05) is 6.61 Å². The summed E-state index contributed by atoms with van der Waals surface area (Å²) in [7, 11) is -1.73. The van der Waals surface area contributed by atoms with Crippen molar-refractivity contribution in [2.75, 3.05) is 13.4 Å². The van der Waals surface area contributed by atoms with Gasteiger partial charge in [-0.25, -0.2) is 0 Å². The Bertz CT molecular complexity index is 203. The highest BCUT2D eigenvalue weighted by atomic mass is 16.7. The van der Waals surface area contributed by atoms with E-state index in [4.69, 9.17) is 14.8 Å². The number of hydrogen-bond donors (Lipinski definition) is 2. The van der Waals surface area contributed by atoms with Crippen LogP contribution in [0, 0.1) is 0 Å². The van der Waals surface area contributed by atoms with Crippen molar-refractivity contribution in [3.05, 3.63) is 0 Å². The molecule has 0 fully saturated rings. The molecular weight excluding hydrogens is 279 g/mol. The van der Waals surface area contributed by atoms with E-state index in [9.17, 15) is 0 Å². The molecule has 0 aromatic heterocycles. The predicted molar refractivity (Wildman–Crippen MR) is 92.4 cm³/mol. The minimum absolute atomic E-state index is 0.0455. The average molecular weight is 316 g/mol. The molecule has 4 nitrogen and oxygen atoms in total. The lowest BCUT2D eigenvalue weighted by Crippen LogP contribution is -2.18. The van der Waals surface area contributed by atoms with Gasteiger partial charge in [0.05, 0.1) is 0 Å². The summed E-state index contributed by atoms with van der Waals surface area (Å²) in [6, 6.07) is 0. The van der Waals surface area contributed by atoms with Crippen molar-refractivity contribution in [3.63, 3.8) is 0 Å². The van der Waals surface area contributed by atoms with Crippen molar-refractivity contribution < 1.29 is 19.4 Å². The predicted octanol–water partition coefficient (Wildman–Crippen LogP) is 4.43. The molecule has 0 spiro atoms. The second-order valence-electron chi connectivity index (χ2n) is 6.12. The molecule has 0 saturated heterocycles. The summed E-state index contributed by atoms with van der Waals surface area (Å²) in [6.45, 7) is 2.85. The van der Waals surface area contributed by atoms with E-state index in [-0.39, 0.29) is 6.79 Å². The SMILES string of the molecule is CCCCCCCCCCCCCCCCOCOB(O)O. The summed E-state index contributed by atoms with van der Waals surface area (Å²) in [6.07, 6.45) is 18.8. The Morgan fingerprint density at radius 3 is 1.45 bits per heavy atom. The summed E-state index contributed by atoms with van der Waals surface area (Å²) in [4.78, 5) is 0. The van der Waals surface area contributed by atoms with Gasteiger partial charge in [-0.05, 0) is 6.42 Å². The Morgan fingerprint density at radius 1 is 0.636 bits per heavy atom. The maximum atomic E-state index is 8.43. The number of hydrogen-bond acceptors (Lipinski definition) is 4. The molecule has 2 N–H and O–H groups in total. The Labute approximate surface area is 137 Å². The second kappa shape index (κ2) is 19.0. The zero-order valence-corrected chi connectivity index (χ0v) is 14.6. The van der Waals surface area contributed by atoms with Gasteiger partial charge in [-0.2, -0.15) is 0 Å². The van der Waals surface area contributed by atoms with E-state index < -0.39 is 7.32 Å². The first kappa shape index (κ1) is 21.9. The zero-order chi connectivity index (χ0) is 16.3. The summed E-state index contributed by atoms with van der Waals surface area (Å²) >= 11 is 0. The largest absolute Gasteiger partial charge is 0.635 e. The molecule has 0 rings (SSSR count). The van der Waals surface area contributed by atoms with Gasteiger partial charge in [-0.3, -0.25) is 0 Å². The summed E-state index contributed by atoms with van der Waals surface area (Å²) in [5.74, 6) is 0. The quantitative estimate of drug-likeness (QED) is 0.223. The highest BCUT2D eigenvalue weighted by Gasteiger charge is 2.06. The van der Waals surface area contributed by atoms with Crippen molar-refractivity contribution in [1.82, 2.24) is 0 Å². The van der Waals surface area contributed by atoms with E-state index in [1.807, 2.05) is 0 Å². The fourth-order valence-electron chi connectivity index (χ4n) is 2.57. The lowest BCUT2D eigenvalue weighted by atomic mass is 10.0. The number of rotatable bonds is 18. The van der Waals surface area contributed by atoms with Gasteiger partial charge in [0.2, 0.25) is 0 Å². The molecule has 0 amide bonds. The number of ether oxygens (including phenoxy) is 1. The van der Waals surface area contributed by atoms with Crippen molar-refractivity contribution in [1.29, 1.82) is 0 Å². The monoisotopic (exact) mass is 316 g/mol. The average Bonchev–Trinajstić information content (AvgIpc) is 2.50. The molecule has 0 heterocycles. The van der Waals surface area contributed by atoms with E-state index >= 15 is 0 Å². The molecule has 5 heteroatoms. The van der Waals surface area contributed by atoms with Crippen molar-refractivity contribution in [2.45, 2.75) is 96.8 Å². The highest BCUT2D eigenvalue weighted by molar-refractivity contribution is 6.32. The number of unbranched alkanes of at least 4 members (excludes halogenated alkanes) is 13. The lowest BCUT2D eigenvalue weighted by molar-refractivity contribution is -0.0121. The minimum Gasteiger partial charge on any atom is -0.402 e. The van der Waals surface area contributed by atoms with Gasteiger partial charge < -0.3 is 19.4 Å². The van der Waals surface area contributed by atoms with Crippen LogP contribution in [0.4, 0.5) is 0 Å². The molecule has 0 aromatic rings. The summed E-state index contributed by atoms with van der Waals surface area (Å²) in [5.41, 5.74) is 0. The first-order valence-electron chi connectivity index (χ1n) is 9.33. The van der Waals surface area contributed by atoms with E-state index in [1.165, 1.54) is 83.5 Å². The molecule has 0 bridgehead atoms. The van der Waals surface area contributed by atoms with Crippen LogP contribution in [0.15, 0.2) is 0 Å². The standard InChI is InChI=1S/C17H37BO4/c1-2-3-4-5-6-7-8-9-10-11-12-13-14-15-16-21-17-22-18(19)20/h19-20H,2-17H2,1H3. The van der Waals surface area contributed by atoms with Crippen LogP contribution in [-0.4, -0.2) is 30.8 Å². The Morgan fingerprint density at radius 2 is 1.05 bits per heavy atom. The Kier molecular flexibility index (Phi) is 18.9. The first-order valence-corrected chi connectivity index (χ1v) is 9.33. The van der Waals surface area contributed by atoms with Crippen molar-refractivity contribution >= 4 is 7.32 Å². The van der Waals surface area contributed by atoms with Crippen LogP contribution < -0.4 is 0 Å². The highest BCUT2D eigenvalue weighted by Crippen LogP contribution is 2.12. The third-order valence-electron chi connectivity index (χ3n) is 3.94. The Balaban J connectivity index is 2.94. The molecule has 0 aliphatic heterocycles. The molecule has 22 heavy (non-hydrogen) atoms. The molecule has 0 aliphatic rings. The first-order chi connectivity index (χ1) is 10.8. The van der Waals surface area contributed by atoms with Gasteiger partial charge >= 0.3 is 7.32 Å². The van der Waals surface area contributed by atoms with Crippen LogP contribution in [0.3, 0.4) is 0 Å². The van der Waals surface area contributed by atoms with Crippen LogP contribution in [0.2, 0.25) is 0 Å². The second-order valence-corrected chi connectivity index (χ2v) is 6.12. The van der Waals surface area contributed by atoms with Crippen LogP contribution >= 0.6 is 0 Å². The van der Waals surface area contributed by atoms with Gasteiger partial charge in [-0.15, -0.1) is 0 Å². The maximum Gasteiger partial charge on any atom is 0.635 e. The maximum absolute atomic E-state index is 8.43. The van der Waals surface area contributed by atoms with Crippen LogP contribution in [-0.2, 0) is 9.39 Å².